The summed E-state index contributed by atoms with van der Waals surface area (Å²) >= 11 is 0. The second-order valence-corrected chi connectivity index (χ2v) is 4.27. The minimum absolute atomic E-state index is 0.368. The van der Waals surface area contributed by atoms with E-state index in [4.69, 9.17) is 5.11 Å². The molecule has 0 aliphatic rings. The van der Waals surface area contributed by atoms with Crippen molar-refractivity contribution in [2.24, 2.45) is 0 Å². The first-order chi connectivity index (χ1) is 4.85. The summed E-state index contributed by atoms with van der Waals surface area (Å²) < 4.78 is 0. The third-order valence-corrected chi connectivity index (χ3v) is 3.79. The molecule has 60 valence electrons. The van der Waals surface area contributed by atoms with E-state index in [1.165, 1.54) is 18.9 Å². The highest BCUT2D eigenvalue weighted by Gasteiger charge is 2.02. The van der Waals surface area contributed by atoms with Gasteiger partial charge < -0.3 is 5.11 Å². The SMILES string of the molecule is CCC(CC)[Si]CCCO. The summed E-state index contributed by atoms with van der Waals surface area (Å²) in [6.45, 7) is 4.87. The van der Waals surface area contributed by atoms with Crippen molar-refractivity contribution in [3.63, 3.8) is 0 Å². The number of aliphatic hydroxyl groups excluding tert-OH is 1. The fourth-order valence-corrected chi connectivity index (χ4v) is 2.31. The molecule has 0 bridgehead atoms. The summed E-state index contributed by atoms with van der Waals surface area (Å²) in [4.78, 5) is 0. The molecular formula is C8H18OSi. The predicted molar refractivity (Wildman–Crippen MR) is 46.6 cm³/mol. The Bertz CT molecular complexity index is 62.3. The van der Waals surface area contributed by atoms with Gasteiger partial charge in [-0.2, -0.15) is 0 Å². The highest BCUT2D eigenvalue weighted by Crippen LogP contribution is 2.14. The molecule has 2 heteroatoms. The summed E-state index contributed by atoms with van der Waals surface area (Å²) in [7, 11) is 1.07. The van der Waals surface area contributed by atoms with Gasteiger partial charge in [-0.1, -0.05) is 32.7 Å². The molecule has 0 amide bonds. The summed E-state index contributed by atoms with van der Waals surface area (Å²) in [5, 5.41) is 8.53. The van der Waals surface area contributed by atoms with Crippen molar-refractivity contribution >= 4 is 9.52 Å². The number of rotatable bonds is 6. The molecule has 0 unspecified atom stereocenters. The number of aliphatic hydroxyl groups is 1. The third-order valence-electron chi connectivity index (χ3n) is 1.75. The molecule has 0 atom stereocenters. The number of hydrogen-bond acceptors (Lipinski definition) is 1. The molecule has 0 rings (SSSR count). The van der Waals surface area contributed by atoms with E-state index in [0.29, 0.717) is 6.61 Å². The molecule has 0 spiro atoms. The van der Waals surface area contributed by atoms with Crippen LogP contribution in [-0.2, 0) is 0 Å². The fourth-order valence-electron chi connectivity index (χ4n) is 0.963. The van der Waals surface area contributed by atoms with E-state index in [2.05, 4.69) is 13.8 Å². The standard InChI is InChI=1S/C8H18OSi/c1-3-8(4-2)10-7-5-6-9/h8-9H,3-7H2,1-2H3. The van der Waals surface area contributed by atoms with Crippen molar-refractivity contribution < 1.29 is 5.11 Å². The zero-order valence-electron chi connectivity index (χ0n) is 7.06. The van der Waals surface area contributed by atoms with Crippen LogP contribution in [0.2, 0.25) is 11.6 Å². The smallest absolute Gasteiger partial charge is 0.0428 e. The second-order valence-electron chi connectivity index (χ2n) is 2.54. The topological polar surface area (TPSA) is 20.2 Å². The van der Waals surface area contributed by atoms with E-state index in [1.54, 1.807) is 0 Å². The van der Waals surface area contributed by atoms with Crippen LogP contribution in [0.25, 0.3) is 0 Å². The first-order valence-electron chi connectivity index (χ1n) is 4.19. The molecule has 0 aromatic rings. The summed E-state index contributed by atoms with van der Waals surface area (Å²) in [5.41, 5.74) is 0.923. The molecule has 1 N–H and O–H groups in total. The molecule has 0 saturated heterocycles. The Morgan fingerprint density at radius 2 is 1.90 bits per heavy atom. The van der Waals surface area contributed by atoms with Crippen LogP contribution in [0.3, 0.4) is 0 Å². The second kappa shape index (κ2) is 7.29. The number of hydrogen-bond donors (Lipinski definition) is 1. The molecule has 0 fully saturated rings. The van der Waals surface area contributed by atoms with E-state index in [1.807, 2.05) is 0 Å². The first-order valence-corrected chi connectivity index (χ1v) is 5.47. The summed E-state index contributed by atoms with van der Waals surface area (Å²) in [6, 6.07) is 1.23. The van der Waals surface area contributed by atoms with Crippen LogP contribution in [0, 0.1) is 0 Å². The van der Waals surface area contributed by atoms with Crippen LogP contribution in [0.5, 0.6) is 0 Å². The van der Waals surface area contributed by atoms with Crippen LogP contribution in [0.15, 0.2) is 0 Å². The van der Waals surface area contributed by atoms with Gasteiger partial charge in [0, 0.05) is 16.1 Å². The van der Waals surface area contributed by atoms with Crippen molar-refractivity contribution in [3.8, 4) is 0 Å². The zero-order valence-corrected chi connectivity index (χ0v) is 8.06. The van der Waals surface area contributed by atoms with Crippen LogP contribution in [-0.4, -0.2) is 21.2 Å². The first kappa shape index (κ1) is 10.2. The largest absolute Gasteiger partial charge is 0.396 e. The lowest BCUT2D eigenvalue weighted by atomic mass is 10.3. The molecule has 0 aliphatic heterocycles. The van der Waals surface area contributed by atoms with Crippen LogP contribution in [0.4, 0.5) is 0 Å². The van der Waals surface area contributed by atoms with Gasteiger partial charge >= 0.3 is 0 Å². The maximum absolute atomic E-state index is 8.53. The Labute approximate surface area is 66.7 Å². The van der Waals surface area contributed by atoms with Crippen molar-refractivity contribution in [1.82, 2.24) is 0 Å². The minimum Gasteiger partial charge on any atom is -0.396 e. The van der Waals surface area contributed by atoms with Crippen LogP contribution < -0.4 is 0 Å². The highest BCUT2D eigenvalue weighted by atomic mass is 28.2. The van der Waals surface area contributed by atoms with Gasteiger partial charge in [0.2, 0.25) is 0 Å². The van der Waals surface area contributed by atoms with Crippen molar-refractivity contribution in [1.29, 1.82) is 0 Å². The van der Waals surface area contributed by atoms with E-state index >= 15 is 0 Å². The summed E-state index contributed by atoms with van der Waals surface area (Å²) in [6.07, 6.45) is 3.61. The fraction of sp³-hybridized carbons (Fsp3) is 1.00. The minimum atomic E-state index is 0.368. The van der Waals surface area contributed by atoms with Gasteiger partial charge in [-0.3, -0.25) is 0 Å². The maximum Gasteiger partial charge on any atom is 0.0428 e. The predicted octanol–water partition coefficient (Wildman–Crippen LogP) is 2.10. The quantitative estimate of drug-likeness (QED) is 0.463. The van der Waals surface area contributed by atoms with E-state index in [-0.39, 0.29) is 0 Å². The molecule has 0 heterocycles. The van der Waals surface area contributed by atoms with Gasteiger partial charge in [-0.15, -0.1) is 0 Å². The van der Waals surface area contributed by atoms with Crippen LogP contribution in [0.1, 0.15) is 33.1 Å². The normalized spacial score (nSPS) is 10.8. The van der Waals surface area contributed by atoms with Crippen molar-refractivity contribution in [2.75, 3.05) is 6.61 Å². The van der Waals surface area contributed by atoms with E-state index in [9.17, 15) is 0 Å². The lowest BCUT2D eigenvalue weighted by molar-refractivity contribution is 0.294. The Kier molecular flexibility index (Phi) is 7.41. The Morgan fingerprint density at radius 1 is 1.30 bits per heavy atom. The molecule has 10 heavy (non-hydrogen) atoms. The Morgan fingerprint density at radius 3 is 2.30 bits per heavy atom. The molecule has 2 radical (unpaired) electrons. The molecule has 0 saturated carbocycles. The average molecular weight is 158 g/mol. The van der Waals surface area contributed by atoms with Gasteiger partial charge in [0.1, 0.15) is 0 Å². The average Bonchev–Trinajstić information content (AvgIpc) is 1.99. The van der Waals surface area contributed by atoms with Gasteiger partial charge in [-0.25, -0.2) is 0 Å². The monoisotopic (exact) mass is 158 g/mol. The van der Waals surface area contributed by atoms with Crippen LogP contribution >= 0.6 is 0 Å². The van der Waals surface area contributed by atoms with E-state index < -0.39 is 0 Å². The Balaban J connectivity index is 3.09. The summed E-state index contributed by atoms with van der Waals surface area (Å²) in [5.74, 6) is 0. The van der Waals surface area contributed by atoms with Gasteiger partial charge in [0.05, 0.1) is 0 Å². The Hall–Kier alpha value is 0.177. The lowest BCUT2D eigenvalue weighted by Crippen LogP contribution is -2.01. The molecule has 1 nitrogen and oxygen atoms in total. The van der Waals surface area contributed by atoms with Crippen molar-refractivity contribution in [2.45, 2.75) is 44.7 Å². The molecule has 0 aromatic carbocycles. The zero-order chi connectivity index (χ0) is 7.82. The maximum atomic E-state index is 8.53. The molecular weight excluding hydrogens is 140 g/mol. The van der Waals surface area contributed by atoms with Gasteiger partial charge in [0.25, 0.3) is 0 Å². The third kappa shape index (κ3) is 5.00. The van der Waals surface area contributed by atoms with E-state index in [0.717, 1.165) is 21.5 Å². The van der Waals surface area contributed by atoms with Gasteiger partial charge in [-0.05, 0) is 12.0 Å². The highest BCUT2D eigenvalue weighted by molar-refractivity contribution is 6.37. The lowest BCUT2D eigenvalue weighted by Gasteiger charge is -2.08. The molecule has 0 aliphatic carbocycles. The van der Waals surface area contributed by atoms with Crippen molar-refractivity contribution in [3.05, 3.63) is 0 Å². The van der Waals surface area contributed by atoms with Gasteiger partial charge in [0.15, 0.2) is 0 Å². The molecule has 0 aromatic heterocycles.